The van der Waals surface area contributed by atoms with Crippen LogP contribution >= 0.6 is 11.6 Å². The molecule has 5 N–H and O–H groups in total. The summed E-state index contributed by atoms with van der Waals surface area (Å²) >= 11 is 5.84. The third-order valence-electron chi connectivity index (χ3n) is 2.47. The van der Waals surface area contributed by atoms with Gasteiger partial charge in [-0.3, -0.25) is 0 Å². The zero-order chi connectivity index (χ0) is 13.0. The van der Waals surface area contributed by atoms with E-state index >= 15 is 0 Å². The molecule has 2 rings (SSSR count). The third kappa shape index (κ3) is 2.88. The van der Waals surface area contributed by atoms with Gasteiger partial charge in [-0.25, -0.2) is 15.8 Å². The molecule has 0 bridgehead atoms. The molecule has 0 unspecified atom stereocenters. The van der Waals surface area contributed by atoms with Gasteiger partial charge in [-0.15, -0.1) is 0 Å². The first-order chi connectivity index (χ1) is 8.70. The van der Waals surface area contributed by atoms with Crippen molar-refractivity contribution < 1.29 is 0 Å². The molecule has 0 radical (unpaired) electrons. The van der Waals surface area contributed by atoms with Crippen LogP contribution in [-0.2, 0) is 0 Å². The number of anilines is 1. The van der Waals surface area contributed by atoms with Crippen LogP contribution in [0.15, 0.2) is 41.1 Å². The molecule has 0 fully saturated rings. The lowest BCUT2D eigenvalue weighted by molar-refractivity contribution is 0.985. The number of hydrogen-bond donors (Lipinski definition) is 3. The average molecular weight is 264 g/mol. The Bertz CT molecular complexity index is 533. The Morgan fingerprint density at radius 2 is 2.22 bits per heavy atom. The Balaban J connectivity index is 2.38. The van der Waals surface area contributed by atoms with Crippen molar-refractivity contribution in [2.75, 3.05) is 5.73 Å². The number of rotatable bonds is 2. The number of nitrogen functional groups attached to an aromatic ring is 1. The molecule has 0 saturated carbocycles. The van der Waals surface area contributed by atoms with Crippen molar-refractivity contribution >= 4 is 23.1 Å². The molecule has 1 aromatic heterocycles. The predicted octanol–water partition coefficient (Wildman–Crippen LogP) is 1.76. The molecule has 5 nitrogen and oxygen atoms in total. The van der Waals surface area contributed by atoms with Crippen molar-refractivity contribution in [3.05, 3.63) is 46.9 Å². The summed E-state index contributed by atoms with van der Waals surface area (Å²) in [4.78, 5) is 8.51. The molecule has 1 heterocycles. The van der Waals surface area contributed by atoms with Gasteiger partial charge >= 0.3 is 0 Å². The summed E-state index contributed by atoms with van der Waals surface area (Å²) in [6.07, 6.45) is 8.01. The smallest absolute Gasteiger partial charge is 0.168 e. The minimum absolute atomic E-state index is 0.343. The third-order valence-corrected chi connectivity index (χ3v) is 2.68. The molecule has 0 amide bonds. The van der Waals surface area contributed by atoms with Crippen molar-refractivity contribution in [2.45, 2.75) is 12.8 Å². The minimum atomic E-state index is 0.343. The fourth-order valence-corrected chi connectivity index (χ4v) is 1.75. The standard InChI is InChI=1S/C12H14ClN5/c13-10-7-6-9(14)11(17-10)12(18-15)16-8-4-2-1-3-5-8/h2,4-7H,1,3,14-15H2,(H,16,18). The normalized spacial score (nSPS) is 15.4. The van der Waals surface area contributed by atoms with Crippen LogP contribution in [0.5, 0.6) is 0 Å². The van der Waals surface area contributed by atoms with E-state index in [1.165, 1.54) is 0 Å². The molecule has 1 aliphatic carbocycles. The summed E-state index contributed by atoms with van der Waals surface area (Å²) < 4.78 is 0. The SMILES string of the molecule is NNC(=NC1=CCCC=C1)c1nc(Cl)ccc1N. The van der Waals surface area contributed by atoms with Crippen molar-refractivity contribution in [3.63, 3.8) is 0 Å². The summed E-state index contributed by atoms with van der Waals surface area (Å²) in [6.45, 7) is 0. The van der Waals surface area contributed by atoms with Gasteiger partial charge in [-0.2, -0.15) is 0 Å². The van der Waals surface area contributed by atoms with Crippen LogP contribution < -0.4 is 17.0 Å². The maximum Gasteiger partial charge on any atom is 0.168 e. The Labute approximate surface area is 110 Å². The quantitative estimate of drug-likeness (QED) is 0.249. The number of halogens is 1. The van der Waals surface area contributed by atoms with E-state index in [2.05, 4.69) is 21.5 Å². The number of nitrogens with one attached hydrogen (secondary N) is 1. The van der Waals surface area contributed by atoms with Crippen LogP contribution in [0.1, 0.15) is 18.5 Å². The van der Waals surface area contributed by atoms with Crippen LogP contribution in [0.25, 0.3) is 0 Å². The second-order valence-electron chi connectivity index (χ2n) is 3.79. The Morgan fingerprint density at radius 3 is 2.89 bits per heavy atom. The van der Waals surface area contributed by atoms with Gasteiger partial charge in [0.1, 0.15) is 10.8 Å². The summed E-state index contributed by atoms with van der Waals surface area (Å²) in [6, 6.07) is 3.29. The number of hydrogen-bond acceptors (Lipinski definition) is 4. The van der Waals surface area contributed by atoms with Crippen molar-refractivity contribution in [2.24, 2.45) is 10.8 Å². The van der Waals surface area contributed by atoms with Gasteiger partial charge in [0, 0.05) is 0 Å². The van der Waals surface area contributed by atoms with E-state index in [1.807, 2.05) is 12.2 Å². The second-order valence-corrected chi connectivity index (χ2v) is 4.17. The molecule has 0 saturated heterocycles. The molecular formula is C12H14ClN5. The lowest BCUT2D eigenvalue weighted by atomic mass is 10.1. The summed E-state index contributed by atoms with van der Waals surface area (Å²) in [5.41, 5.74) is 10.1. The van der Waals surface area contributed by atoms with Gasteiger partial charge in [-0.1, -0.05) is 23.8 Å². The maximum atomic E-state index is 5.84. The largest absolute Gasteiger partial charge is 0.397 e. The summed E-state index contributed by atoms with van der Waals surface area (Å²) in [5.74, 6) is 5.87. The van der Waals surface area contributed by atoms with Gasteiger partial charge in [0.15, 0.2) is 5.84 Å². The van der Waals surface area contributed by atoms with Crippen LogP contribution in [0.4, 0.5) is 5.69 Å². The van der Waals surface area contributed by atoms with E-state index in [-0.39, 0.29) is 0 Å². The first-order valence-corrected chi connectivity index (χ1v) is 5.93. The van der Waals surface area contributed by atoms with E-state index < -0.39 is 0 Å². The van der Waals surface area contributed by atoms with Crippen LogP contribution in [0.2, 0.25) is 5.15 Å². The van der Waals surface area contributed by atoms with E-state index in [0.29, 0.717) is 22.4 Å². The number of nitrogens with two attached hydrogens (primary N) is 2. The van der Waals surface area contributed by atoms with Crippen molar-refractivity contribution in [1.82, 2.24) is 10.4 Å². The van der Waals surface area contributed by atoms with E-state index in [4.69, 9.17) is 23.2 Å². The van der Waals surface area contributed by atoms with Crippen LogP contribution in [0, 0.1) is 0 Å². The molecular weight excluding hydrogens is 250 g/mol. The summed E-state index contributed by atoms with van der Waals surface area (Å²) in [7, 11) is 0. The molecule has 0 atom stereocenters. The molecule has 0 aliphatic heterocycles. The fraction of sp³-hybridized carbons (Fsp3) is 0.167. The lowest BCUT2D eigenvalue weighted by Gasteiger charge is -2.09. The number of amidine groups is 1. The number of hydrazine groups is 1. The number of aliphatic imine (C=N–C) groups is 1. The zero-order valence-electron chi connectivity index (χ0n) is 9.73. The Kier molecular flexibility index (Phi) is 3.96. The van der Waals surface area contributed by atoms with Crippen LogP contribution in [-0.4, -0.2) is 10.8 Å². The first kappa shape index (κ1) is 12.6. The van der Waals surface area contributed by atoms with Gasteiger partial charge in [0.2, 0.25) is 0 Å². The van der Waals surface area contributed by atoms with E-state index in [1.54, 1.807) is 12.1 Å². The van der Waals surface area contributed by atoms with Crippen molar-refractivity contribution in [1.29, 1.82) is 0 Å². The number of pyridine rings is 1. The number of aromatic nitrogens is 1. The molecule has 94 valence electrons. The first-order valence-electron chi connectivity index (χ1n) is 5.55. The number of nitrogens with zero attached hydrogens (tertiary/aromatic N) is 2. The maximum absolute atomic E-state index is 5.84. The number of allylic oxidation sites excluding steroid dienone is 3. The Morgan fingerprint density at radius 1 is 1.39 bits per heavy atom. The fourth-order valence-electron chi connectivity index (χ4n) is 1.60. The minimum Gasteiger partial charge on any atom is -0.397 e. The van der Waals surface area contributed by atoms with E-state index in [0.717, 1.165) is 18.5 Å². The highest BCUT2D eigenvalue weighted by Crippen LogP contribution is 2.16. The molecule has 6 heteroatoms. The monoisotopic (exact) mass is 263 g/mol. The molecule has 0 spiro atoms. The molecule has 1 aliphatic rings. The van der Waals surface area contributed by atoms with Gasteiger partial charge in [0.05, 0.1) is 11.4 Å². The molecule has 18 heavy (non-hydrogen) atoms. The second kappa shape index (κ2) is 5.66. The highest BCUT2D eigenvalue weighted by atomic mass is 35.5. The van der Waals surface area contributed by atoms with Gasteiger partial charge in [0.25, 0.3) is 0 Å². The highest BCUT2D eigenvalue weighted by molar-refractivity contribution is 6.29. The van der Waals surface area contributed by atoms with E-state index in [9.17, 15) is 0 Å². The zero-order valence-corrected chi connectivity index (χ0v) is 10.5. The average Bonchev–Trinajstić information content (AvgIpc) is 2.40. The molecule has 0 aromatic carbocycles. The predicted molar refractivity (Wildman–Crippen MR) is 74.0 cm³/mol. The van der Waals surface area contributed by atoms with Crippen LogP contribution in [0.3, 0.4) is 0 Å². The topological polar surface area (TPSA) is 89.3 Å². The molecule has 1 aromatic rings. The Hall–Kier alpha value is -1.85. The lowest BCUT2D eigenvalue weighted by Crippen LogP contribution is -2.32. The summed E-state index contributed by atoms with van der Waals surface area (Å²) in [5, 5.41) is 0.343. The van der Waals surface area contributed by atoms with Gasteiger partial charge in [-0.05, 0) is 31.1 Å². The highest BCUT2D eigenvalue weighted by Gasteiger charge is 2.10. The van der Waals surface area contributed by atoms with Gasteiger partial charge < -0.3 is 11.2 Å². The van der Waals surface area contributed by atoms with Crippen molar-refractivity contribution in [3.8, 4) is 0 Å².